The molecule has 2 heterocycles. The Morgan fingerprint density at radius 3 is 1.81 bits per heavy atom. The molecule has 268 valence electrons. The van der Waals surface area contributed by atoms with Crippen molar-refractivity contribution in [3.63, 3.8) is 0 Å². The number of benzene rings is 8. The van der Waals surface area contributed by atoms with Gasteiger partial charge >= 0.3 is 0 Å². The summed E-state index contributed by atoms with van der Waals surface area (Å²) in [7, 11) is 0. The van der Waals surface area contributed by atoms with Crippen molar-refractivity contribution < 1.29 is 0 Å². The van der Waals surface area contributed by atoms with Crippen LogP contribution in [0.5, 0.6) is 0 Å². The lowest BCUT2D eigenvalue weighted by atomic mass is 9.67. The van der Waals surface area contributed by atoms with Crippen LogP contribution in [-0.2, 0) is 5.41 Å². The number of para-hydroxylation sites is 3. The zero-order valence-electron chi connectivity index (χ0n) is 31.3. The predicted octanol–water partition coefficient (Wildman–Crippen LogP) is 13.5. The third kappa shape index (κ3) is 4.53. The average molecular weight is 727 g/mol. The number of hydrogen-bond donors (Lipinski definition) is 0. The van der Waals surface area contributed by atoms with E-state index in [0.29, 0.717) is 5.92 Å². The molecule has 0 bridgehead atoms. The van der Waals surface area contributed by atoms with Crippen molar-refractivity contribution in [2.45, 2.75) is 17.4 Å². The molecule has 0 saturated carbocycles. The van der Waals surface area contributed by atoms with Crippen LogP contribution in [0.15, 0.2) is 218 Å². The number of anilines is 2. The molecule has 9 aromatic rings. The Balaban J connectivity index is 1.10. The van der Waals surface area contributed by atoms with Crippen molar-refractivity contribution in [1.29, 1.82) is 0 Å². The Hall–Kier alpha value is -7.16. The van der Waals surface area contributed by atoms with Crippen LogP contribution in [0.2, 0.25) is 0 Å². The molecule has 2 aliphatic carbocycles. The SMILES string of the molecule is C1=CC2c3cc(-c4ccc5c6ccccc6n(-c6ccccc6C6(c7ccccc7)c7ccccc7-c7ccccc76)c5c4)ccc3N(c3ccccc3)C2C=C1. The molecular formula is C55H38N2. The lowest BCUT2D eigenvalue weighted by Crippen LogP contribution is -2.30. The van der Waals surface area contributed by atoms with Gasteiger partial charge in [0.2, 0.25) is 0 Å². The summed E-state index contributed by atoms with van der Waals surface area (Å²) >= 11 is 0. The van der Waals surface area contributed by atoms with Gasteiger partial charge in [0.1, 0.15) is 0 Å². The van der Waals surface area contributed by atoms with E-state index in [1.54, 1.807) is 0 Å². The molecule has 0 N–H and O–H groups in total. The van der Waals surface area contributed by atoms with Gasteiger partial charge in [-0.25, -0.2) is 0 Å². The molecule has 1 aromatic heterocycles. The lowest BCUT2D eigenvalue weighted by molar-refractivity contribution is 0.745. The molecule has 2 atom stereocenters. The zero-order valence-corrected chi connectivity index (χ0v) is 31.3. The summed E-state index contributed by atoms with van der Waals surface area (Å²) in [5.74, 6) is 0.290. The molecular weight excluding hydrogens is 689 g/mol. The first-order valence-corrected chi connectivity index (χ1v) is 20.0. The molecule has 2 unspecified atom stereocenters. The highest BCUT2D eigenvalue weighted by atomic mass is 15.2. The molecule has 2 nitrogen and oxygen atoms in total. The van der Waals surface area contributed by atoms with Gasteiger partial charge in [0.25, 0.3) is 0 Å². The minimum absolute atomic E-state index is 0.256. The van der Waals surface area contributed by atoms with E-state index in [4.69, 9.17) is 0 Å². The average Bonchev–Trinajstić information content (AvgIpc) is 3.91. The normalized spacial score (nSPS) is 17.1. The van der Waals surface area contributed by atoms with Crippen LogP contribution >= 0.6 is 0 Å². The molecule has 0 radical (unpaired) electrons. The summed E-state index contributed by atoms with van der Waals surface area (Å²) in [6.07, 6.45) is 9.12. The first-order chi connectivity index (χ1) is 28.3. The van der Waals surface area contributed by atoms with E-state index in [1.807, 2.05) is 0 Å². The van der Waals surface area contributed by atoms with Gasteiger partial charge in [0.15, 0.2) is 0 Å². The van der Waals surface area contributed by atoms with Crippen LogP contribution in [0.4, 0.5) is 11.4 Å². The number of allylic oxidation sites excluding steroid dienone is 2. The number of nitrogens with zero attached hydrogens (tertiary/aromatic N) is 2. The highest BCUT2D eigenvalue weighted by Gasteiger charge is 2.47. The maximum absolute atomic E-state index is 2.53. The monoisotopic (exact) mass is 726 g/mol. The van der Waals surface area contributed by atoms with Crippen molar-refractivity contribution in [3.05, 3.63) is 246 Å². The summed E-state index contributed by atoms with van der Waals surface area (Å²) in [6, 6.07) is 72.5. The molecule has 8 aromatic carbocycles. The van der Waals surface area contributed by atoms with E-state index in [9.17, 15) is 0 Å². The van der Waals surface area contributed by atoms with Gasteiger partial charge in [-0.15, -0.1) is 0 Å². The number of aromatic nitrogens is 1. The fourth-order valence-corrected chi connectivity index (χ4v) is 10.5. The van der Waals surface area contributed by atoms with Gasteiger partial charge in [-0.3, -0.25) is 0 Å². The maximum Gasteiger partial charge on any atom is 0.0733 e. The summed E-state index contributed by atoms with van der Waals surface area (Å²) in [6.45, 7) is 0. The van der Waals surface area contributed by atoms with E-state index in [2.05, 4.69) is 228 Å². The van der Waals surface area contributed by atoms with Crippen molar-refractivity contribution >= 4 is 33.2 Å². The van der Waals surface area contributed by atoms with Crippen LogP contribution < -0.4 is 4.90 Å². The largest absolute Gasteiger partial charge is 0.333 e. The fourth-order valence-electron chi connectivity index (χ4n) is 10.5. The van der Waals surface area contributed by atoms with Gasteiger partial charge in [-0.2, -0.15) is 0 Å². The van der Waals surface area contributed by atoms with E-state index >= 15 is 0 Å². The van der Waals surface area contributed by atoms with Crippen LogP contribution in [0.3, 0.4) is 0 Å². The van der Waals surface area contributed by atoms with Gasteiger partial charge in [0, 0.05) is 28.1 Å². The Labute approximate surface area is 332 Å². The molecule has 0 amide bonds. The first kappa shape index (κ1) is 32.1. The molecule has 1 aliphatic heterocycles. The van der Waals surface area contributed by atoms with Crippen LogP contribution in [-0.4, -0.2) is 10.6 Å². The minimum Gasteiger partial charge on any atom is -0.333 e. The third-order valence-corrected chi connectivity index (χ3v) is 12.8. The minimum atomic E-state index is -0.524. The Kier molecular flexibility index (Phi) is 7.00. The van der Waals surface area contributed by atoms with Gasteiger partial charge in [-0.05, 0) is 92.5 Å². The summed E-state index contributed by atoms with van der Waals surface area (Å²) in [5, 5.41) is 2.51. The number of fused-ring (bicyclic) bond motifs is 9. The molecule has 3 aliphatic rings. The second kappa shape index (κ2) is 12.4. The van der Waals surface area contributed by atoms with Gasteiger partial charge in [-0.1, -0.05) is 176 Å². The molecule has 0 spiro atoms. The van der Waals surface area contributed by atoms with Crippen LogP contribution in [0.25, 0.3) is 49.7 Å². The quantitative estimate of drug-likeness (QED) is 0.171. The maximum atomic E-state index is 2.53. The van der Waals surface area contributed by atoms with Crippen molar-refractivity contribution in [2.75, 3.05) is 4.90 Å². The van der Waals surface area contributed by atoms with E-state index in [1.165, 1.54) is 88.9 Å². The fraction of sp³-hybridized carbons (Fsp3) is 0.0545. The topological polar surface area (TPSA) is 8.17 Å². The summed E-state index contributed by atoms with van der Waals surface area (Å²) in [5.41, 5.74) is 17.2. The third-order valence-electron chi connectivity index (χ3n) is 12.8. The van der Waals surface area contributed by atoms with Crippen LogP contribution in [0, 0.1) is 0 Å². The second-order valence-corrected chi connectivity index (χ2v) is 15.6. The van der Waals surface area contributed by atoms with Crippen molar-refractivity contribution in [3.8, 4) is 27.9 Å². The van der Waals surface area contributed by atoms with Crippen molar-refractivity contribution in [2.24, 2.45) is 0 Å². The van der Waals surface area contributed by atoms with Crippen LogP contribution in [0.1, 0.15) is 33.7 Å². The molecule has 12 rings (SSSR count). The van der Waals surface area contributed by atoms with Gasteiger partial charge in [0.05, 0.1) is 28.2 Å². The van der Waals surface area contributed by atoms with E-state index in [0.717, 1.165) is 0 Å². The predicted molar refractivity (Wildman–Crippen MR) is 237 cm³/mol. The second-order valence-electron chi connectivity index (χ2n) is 15.6. The zero-order chi connectivity index (χ0) is 37.5. The Morgan fingerprint density at radius 2 is 1.02 bits per heavy atom. The highest BCUT2D eigenvalue weighted by molar-refractivity contribution is 6.10. The smallest absolute Gasteiger partial charge is 0.0733 e. The molecule has 57 heavy (non-hydrogen) atoms. The Morgan fingerprint density at radius 1 is 0.421 bits per heavy atom. The van der Waals surface area contributed by atoms with E-state index < -0.39 is 5.41 Å². The first-order valence-electron chi connectivity index (χ1n) is 20.0. The number of rotatable bonds is 5. The lowest BCUT2D eigenvalue weighted by Gasteiger charge is -2.35. The molecule has 0 fully saturated rings. The highest BCUT2D eigenvalue weighted by Crippen LogP contribution is 2.57. The molecule has 0 saturated heterocycles. The number of hydrogen-bond acceptors (Lipinski definition) is 1. The summed E-state index contributed by atoms with van der Waals surface area (Å²) in [4.78, 5) is 2.50. The Bertz CT molecular complexity index is 3050. The summed E-state index contributed by atoms with van der Waals surface area (Å²) < 4.78 is 2.53. The standard InChI is InChI=1S/C55H38N2/c1-3-17-39(18-4-1)55(47-25-11-7-21-41(47)42-22-8-12-26-48(42)55)49-27-13-16-30-53(49)57-51-29-15-9-23-43(51)45-33-31-38(36-54(45)57)37-32-34-52-46(35-37)44-24-10-14-28-50(44)56(52)40-19-5-2-6-20-40/h1-36,44,50H. The van der Waals surface area contributed by atoms with Gasteiger partial charge < -0.3 is 9.47 Å². The molecule has 2 heteroatoms. The van der Waals surface area contributed by atoms with E-state index in [-0.39, 0.29) is 6.04 Å². The van der Waals surface area contributed by atoms with Crippen molar-refractivity contribution in [1.82, 2.24) is 4.57 Å².